The van der Waals surface area contributed by atoms with E-state index in [9.17, 15) is 9.59 Å². The smallest absolute Gasteiger partial charge is 0.412 e. The maximum Gasteiger partial charge on any atom is 0.412 e. The summed E-state index contributed by atoms with van der Waals surface area (Å²) < 4.78 is 16.0. The molecule has 0 aliphatic carbocycles. The average Bonchev–Trinajstić information content (AvgIpc) is 3.18. The maximum atomic E-state index is 12.3. The van der Waals surface area contributed by atoms with E-state index in [1.807, 2.05) is 0 Å². The highest BCUT2D eigenvalue weighted by molar-refractivity contribution is 5.83. The Balaban J connectivity index is 1.48. The molecule has 0 unspecified atom stereocenters. The Kier molecular flexibility index (Phi) is 4.95. The number of carbonyl (C=O) groups is 2. The third-order valence-corrected chi connectivity index (χ3v) is 4.01. The fourth-order valence-electron chi connectivity index (χ4n) is 2.81. The zero-order valence-corrected chi connectivity index (χ0v) is 13.6. The lowest BCUT2D eigenvalue weighted by Crippen LogP contribution is -2.48. The van der Waals surface area contributed by atoms with Gasteiger partial charge in [0.1, 0.15) is 6.54 Å². The Labute approximate surface area is 139 Å². The molecule has 1 spiro atoms. The van der Waals surface area contributed by atoms with E-state index in [4.69, 9.17) is 14.2 Å². The predicted octanol–water partition coefficient (Wildman–Crippen LogP) is 0.212. The van der Waals surface area contributed by atoms with Crippen molar-refractivity contribution in [2.24, 2.45) is 0 Å². The highest BCUT2D eigenvalue weighted by Gasteiger charge is 2.40. The van der Waals surface area contributed by atoms with Crippen molar-refractivity contribution < 1.29 is 23.8 Å². The number of amides is 2. The van der Waals surface area contributed by atoms with Gasteiger partial charge >= 0.3 is 6.09 Å². The van der Waals surface area contributed by atoms with Gasteiger partial charge in [-0.05, 0) is 6.92 Å². The third kappa shape index (κ3) is 3.82. The van der Waals surface area contributed by atoms with Crippen LogP contribution in [0.4, 0.5) is 10.6 Å². The van der Waals surface area contributed by atoms with E-state index in [2.05, 4.69) is 15.5 Å². The van der Waals surface area contributed by atoms with Gasteiger partial charge in [-0.25, -0.2) is 4.79 Å². The van der Waals surface area contributed by atoms with Crippen LogP contribution in [0.5, 0.6) is 0 Å². The summed E-state index contributed by atoms with van der Waals surface area (Å²) in [6.07, 6.45) is 2.10. The van der Waals surface area contributed by atoms with Crippen LogP contribution < -0.4 is 5.32 Å². The van der Waals surface area contributed by atoms with Gasteiger partial charge in [0.2, 0.25) is 5.91 Å². The number of rotatable bonds is 4. The molecule has 24 heavy (non-hydrogen) atoms. The molecule has 0 bridgehead atoms. The van der Waals surface area contributed by atoms with E-state index >= 15 is 0 Å². The number of ether oxygens (including phenoxy) is 3. The molecule has 2 fully saturated rings. The fourth-order valence-corrected chi connectivity index (χ4v) is 2.81. The SMILES string of the molecule is CCOC(=O)Nc1cnn(CC(=O)N2CCC3(CC2)OCCO3)n1. The monoisotopic (exact) mass is 339 g/mol. The van der Waals surface area contributed by atoms with Crippen LogP contribution >= 0.6 is 0 Å². The molecule has 1 aromatic heterocycles. The van der Waals surface area contributed by atoms with Crippen molar-refractivity contribution in [3.05, 3.63) is 6.20 Å². The molecule has 1 aromatic rings. The molecule has 10 heteroatoms. The summed E-state index contributed by atoms with van der Waals surface area (Å²) in [5.41, 5.74) is 0. The number of nitrogens with zero attached hydrogens (tertiary/aromatic N) is 4. The molecule has 3 rings (SSSR count). The standard InChI is InChI=1S/C14H21N5O5/c1-2-22-13(21)16-11-9-15-19(17-11)10-12(20)18-5-3-14(4-6-18)23-7-8-24-14/h9H,2-8,10H2,1H3,(H,16,17,21). The average molecular weight is 339 g/mol. The summed E-state index contributed by atoms with van der Waals surface area (Å²) in [6.45, 7) is 4.37. The van der Waals surface area contributed by atoms with Crippen molar-refractivity contribution >= 4 is 17.8 Å². The first-order valence-electron chi connectivity index (χ1n) is 8.00. The predicted molar refractivity (Wildman–Crippen MR) is 81.1 cm³/mol. The van der Waals surface area contributed by atoms with Crippen molar-refractivity contribution in [2.75, 3.05) is 38.2 Å². The minimum absolute atomic E-state index is 0.0131. The lowest BCUT2D eigenvalue weighted by molar-refractivity contribution is -0.187. The summed E-state index contributed by atoms with van der Waals surface area (Å²) in [6, 6.07) is 0. The van der Waals surface area contributed by atoms with Gasteiger partial charge in [0.05, 0.1) is 26.0 Å². The normalized spacial score (nSPS) is 19.5. The number of piperidine rings is 1. The zero-order valence-electron chi connectivity index (χ0n) is 13.6. The largest absolute Gasteiger partial charge is 0.450 e. The highest BCUT2D eigenvalue weighted by Crippen LogP contribution is 2.31. The van der Waals surface area contributed by atoms with Gasteiger partial charge in [0.15, 0.2) is 11.6 Å². The van der Waals surface area contributed by atoms with Gasteiger partial charge in [-0.3, -0.25) is 10.1 Å². The molecule has 0 radical (unpaired) electrons. The second-order valence-corrected chi connectivity index (χ2v) is 5.59. The van der Waals surface area contributed by atoms with Crippen LogP contribution in [-0.2, 0) is 25.5 Å². The molecule has 132 valence electrons. The Morgan fingerprint density at radius 3 is 2.71 bits per heavy atom. The molecule has 3 heterocycles. The minimum Gasteiger partial charge on any atom is -0.450 e. The summed E-state index contributed by atoms with van der Waals surface area (Å²) in [5, 5.41) is 10.4. The van der Waals surface area contributed by atoms with Crippen LogP contribution in [0.25, 0.3) is 0 Å². The molecular formula is C14H21N5O5. The second-order valence-electron chi connectivity index (χ2n) is 5.59. The Morgan fingerprint density at radius 1 is 1.33 bits per heavy atom. The molecule has 2 saturated heterocycles. The molecule has 0 saturated carbocycles. The van der Waals surface area contributed by atoms with E-state index in [0.29, 0.717) is 39.1 Å². The lowest BCUT2D eigenvalue weighted by atomic mass is 10.0. The van der Waals surface area contributed by atoms with Gasteiger partial charge in [-0.2, -0.15) is 9.90 Å². The van der Waals surface area contributed by atoms with Gasteiger partial charge in [-0.1, -0.05) is 0 Å². The van der Waals surface area contributed by atoms with Gasteiger partial charge < -0.3 is 19.1 Å². The van der Waals surface area contributed by atoms with Gasteiger partial charge in [0, 0.05) is 25.9 Å². The van der Waals surface area contributed by atoms with Crippen molar-refractivity contribution in [3.8, 4) is 0 Å². The van der Waals surface area contributed by atoms with Gasteiger partial charge in [-0.15, -0.1) is 5.10 Å². The quantitative estimate of drug-likeness (QED) is 0.835. The number of likely N-dealkylation sites (tertiary alicyclic amines) is 1. The van der Waals surface area contributed by atoms with E-state index in [0.717, 1.165) is 0 Å². The van der Waals surface area contributed by atoms with Crippen molar-refractivity contribution in [3.63, 3.8) is 0 Å². The molecule has 2 aliphatic rings. The molecule has 0 atom stereocenters. The number of nitrogens with one attached hydrogen (secondary N) is 1. The van der Waals surface area contributed by atoms with Crippen LogP contribution in [-0.4, -0.2) is 70.6 Å². The number of hydrogen-bond acceptors (Lipinski definition) is 7. The van der Waals surface area contributed by atoms with Crippen LogP contribution in [0, 0.1) is 0 Å². The fraction of sp³-hybridized carbons (Fsp3) is 0.714. The summed E-state index contributed by atoms with van der Waals surface area (Å²) in [4.78, 5) is 26.6. The summed E-state index contributed by atoms with van der Waals surface area (Å²) in [5.74, 6) is -0.343. The van der Waals surface area contributed by atoms with E-state index in [1.54, 1.807) is 11.8 Å². The van der Waals surface area contributed by atoms with E-state index in [1.165, 1.54) is 11.0 Å². The third-order valence-electron chi connectivity index (χ3n) is 4.01. The molecule has 2 aliphatic heterocycles. The topological polar surface area (TPSA) is 108 Å². The van der Waals surface area contributed by atoms with Crippen molar-refractivity contribution in [2.45, 2.75) is 32.1 Å². The van der Waals surface area contributed by atoms with E-state index < -0.39 is 11.9 Å². The first kappa shape index (κ1) is 16.7. The van der Waals surface area contributed by atoms with Crippen molar-refractivity contribution in [1.29, 1.82) is 0 Å². The van der Waals surface area contributed by atoms with Crippen LogP contribution in [0.2, 0.25) is 0 Å². The van der Waals surface area contributed by atoms with Crippen molar-refractivity contribution in [1.82, 2.24) is 19.9 Å². The number of anilines is 1. The molecule has 2 amide bonds. The van der Waals surface area contributed by atoms with Crippen LogP contribution in [0.15, 0.2) is 6.20 Å². The molecular weight excluding hydrogens is 318 g/mol. The highest BCUT2D eigenvalue weighted by atomic mass is 16.7. The van der Waals surface area contributed by atoms with E-state index in [-0.39, 0.29) is 24.9 Å². The summed E-state index contributed by atoms with van der Waals surface area (Å²) in [7, 11) is 0. The summed E-state index contributed by atoms with van der Waals surface area (Å²) >= 11 is 0. The number of carbonyl (C=O) groups excluding carboxylic acids is 2. The minimum atomic E-state index is -0.603. The lowest BCUT2D eigenvalue weighted by Gasteiger charge is -2.37. The zero-order chi connectivity index (χ0) is 17.0. The van der Waals surface area contributed by atoms with Crippen LogP contribution in [0.3, 0.4) is 0 Å². The number of aromatic nitrogens is 3. The second kappa shape index (κ2) is 7.14. The maximum absolute atomic E-state index is 12.3. The molecule has 1 N–H and O–H groups in total. The first-order valence-corrected chi connectivity index (χ1v) is 8.00. The Hall–Kier alpha value is -2.20. The Bertz CT molecular complexity index is 588. The van der Waals surface area contributed by atoms with Crippen LogP contribution in [0.1, 0.15) is 19.8 Å². The Morgan fingerprint density at radius 2 is 2.04 bits per heavy atom. The molecule has 10 nitrogen and oxygen atoms in total. The molecule has 0 aromatic carbocycles. The first-order chi connectivity index (χ1) is 11.6. The number of hydrogen-bond donors (Lipinski definition) is 1. The van der Waals surface area contributed by atoms with Gasteiger partial charge in [0.25, 0.3) is 0 Å².